The molecule has 210 valence electrons. The van der Waals surface area contributed by atoms with Gasteiger partial charge in [0.2, 0.25) is 5.82 Å². The Hall–Kier alpha value is -3.01. The van der Waals surface area contributed by atoms with E-state index in [9.17, 15) is 4.39 Å². The number of nitrogens with one attached hydrogen (secondary N) is 3. The first-order valence-corrected chi connectivity index (χ1v) is 13.2. The van der Waals surface area contributed by atoms with Crippen LogP contribution in [0.15, 0.2) is 47.8 Å². The first kappa shape index (κ1) is 31.5. The molecule has 11 heteroatoms. The van der Waals surface area contributed by atoms with E-state index in [2.05, 4.69) is 15.6 Å². The molecule has 0 saturated heterocycles. The summed E-state index contributed by atoms with van der Waals surface area (Å²) in [5, 5.41) is 14.8. The van der Waals surface area contributed by atoms with E-state index in [0.29, 0.717) is 42.2 Å². The molecule has 0 bridgehead atoms. The molecule has 0 aliphatic rings. The van der Waals surface area contributed by atoms with Gasteiger partial charge in [-0.3, -0.25) is 5.32 Å². The van der Waals surface area contributed by atoms with Gasteiger partial charge in [0.05, 0.1) is 46.6 Å². The van der Waals surface area contributed by atoms with Crippen molar-refractivity contribution in [2.45, 2.75) is 59.5 Å². The summed E-state index contributed by atoms with van der Waals surface area (Å²) >= 11 is 0. The van der Waals surface area contributed by atoms with Gasteiger partial charge >= 0.3 is 0 Å². The lowest BCUT2D eigenvalue weighted by Gasteiger charge is -2.32. The number of nitrogens with zero attached hydrogens (tertiary/aromatic N) is 2. The van der Waals surface area contributed by atoms with Crippen molar-refractivity contribution in [1.29, 1.82) is 5.41 Å². The first-order valence-electron chi connectivity index (χ1n) is 13.2. The molecular weight excluding hydrogens is 510 g/mol. The maximum atomic E-state index is 15.1. The predicted molar refractivity (Wildman–Crippen MR) is 157 cm³/mol. The van der Waals surface area contributed by atoms with Gasteiger partial charge in [0.1, 0.15) is 11.8 Å². The lowest BCUT2D eigenvalue weighted by atomic mass is 9.79. The molecular formula is C29H37B2F2N5O2. The lowest BCUT2D eigenvalue weighted by Crippen LogP contribution is -2.40. The monoisotopic (exact) mass is 547 g/mol. The fraction of sp³-hybridized carbons (Fsp3) is 0.448. The van der Waals surface area contributed by atoms with Crippen LogP contribution in [0.5, 0.6) is 5.75 Å². The molecule has 0 spiro atoms. The summed E-state index contributed by atoms with van der Waals surface area (Å²) in [4.78, 5) is 4.37. The number of halogens is 2. The smallest absolute Gasteiger partial charge is 0.201 e. The fourth-order valence-electron chi connectivity index (χ4n) is 4.44. The Kier molecular flexibility index (Phi) is 10.7. The molecule has 1 atom stereocenters. The maximum absolute atomic E-state index is 15.1. The van der Waals surface area contributed by atoms with E-state index < -0.39 is 23.6 Å². The van der Waals surface area contributed by atoms with Crippen LogP contribution in [0.2, 0.25) is 0 Å². The van der Waals surface area contributed by atoms with E-state index in [1.807, 2.05) is 39.0 Å². The zero-order valence-corrected chi connectivity index (χ0v) is 24.1. The number of ether oxygens (including phenoxy) is 2. The van der Waals surface area contributed by atoms with Crippen LogP contribution in [0.1, 0.15) is 46.7 Å². The molecule has 2 heterocycles. The van der Waals surface area contributed by atoms with Gasteiger partial charge in [0.25, 0.3) is 0 Å². The van der Waals surface area contributed by atoms with Crippen LogP contribution >= 0.6 is 0 Å². The van der Waals surface area contributed by atoms with Crippen molar-refractivity contribution in [3.05, 3.63) is 65.1 Å². The van der Waals surface area contributed by atoms with E-state index in [4.69, 9.17) is 30.6 Å². The number of hydrogen-bond donors (Lipinski definition) is 3. The van der Waals surface area contributed by atoms with Crippen molar-refractivity contribution in [3.8, 4) is 16.9 Å². The van der Waals surface area contributed by atoms with E-state index in [1.54, 1.807) is 31.6 Å². The van der Waals surface area contributed by atoms with E-state index in [0.717, 1.165) is 22.9 Å². The third kappa shape index (κ3) is 7.59. The minimum Gasteiger partial charge on any atom is -0.489 e. The number of benzene rings is 1. The lowest BCUT2D eigenvalue weighted by molar-refractivity contribution is 0.0204. The van der Waals surface area contributed by atoms with Gasteiger partial charge in [0.15, 0.2) is 11.6 Å². The highest BCUT2D eigenvalue weighted by Crippen LogP contribution is 2.35. The zero-order valence-electron chi connectivity index (χ0n) is 24.1. The number of pyridine rings is 1. The number of imidazole rings is 1. The summed E-state index contributed by atoms with van der Waals surface area (Å²) < 4.78 is 43.2. The molecule has 0 amide bonds. The normalized spacial score (nSPS) is 12.6. The molecule has 1 aromatic carbocycles. The predicted octanol–water partition coefficient (Wildman–Crippen LogP) is 4.72. The van der Waals surface area contributed by atoms with Gasteiger partial charge in [-0.1, -0.05) is 32.2 Å². The van der Waals surface area contributed by atoms with Crippen LogP contribution in [0, 0.1) is 22.5 Å². The summed E-state index contributed by atoms with van der Waals surface area (Å²) in [6.45, 7) is 10.6. The van der Waals surface area contributed by atoms with Gasteiger partial charge in [0, 0.05) is 30.3 Å². The van der Waals surface area contributed by atoms with Crippen molar-refractivity contribution in [1.82, 2.24) is 20.0 Å². The van der Waals surface area contributed by atoms with Crippen molar-refractivity contribution < 1.29 is 18.3 Å². The molecule has 0 aliphatic carbocycles. The van der Waals surface area contributed by atoms with Gasteiger partial charge < -0.3 is 24.6 Å². The molecule has 0 saturated carbocycles. The van der Waals surface area contributed by atoms with Gasteiger partial charge in [-0.05, 0) is 56.1 Å². The number of allylic oxidation sites excluding steroid dienone is 1. The number of fused-ring (bicyclic) bond motifs is 1. The van der Waals surface area contributed by atoms with E-state index in [-0.39, 0.29) is 17.8 Å². The Balaban J connectivity index is 1.88. The largest absolute Gasteiger partial charge is 0.489 e. The van der Waals surface area contributed by atoms with Crippen LogP contribution in [-0.4, -0.2) is 63.1 Å². The molecule has 2 aromatic heterocycles. The van der Waals surface area contributed by atoms with Gasteiger partial charge in [-0.2, -0.15) is 4.39 Å². The Bertz CT molecular complexity index is 1360. The highest BCUT2D eigenvalue weighted by atomic mass is 19.2. The summed E-state index contributed by atoms with van der Waals surface area (Å²) in [5.74, 6) is -2.96. The van der Waals surface area contributed by atoms with E-state index >= 15 is 4.39 Å². The standard InChI is InChI=1S/C29H37B2F2N5O2/c1-17(2)20(25(34)27(29(3,4)5)40-16-35-6)11-12-39-26-21(8-9-22(32)24(26)33)18-7-10-23-36-13-19(38(23)15-18)14-37-28(30)31/h7-10,13,15,27-28,34-35,37H,11-12,14,16H2,1-6H3. The molecule has 7 nitrogen and oxygen atoms in total. The molecule has 1 unspecified atom stereocenters. The van der Waals surface area contributed by atoms with Crippen molar-refractivity contribution >= 4 is 27.1 Å². The average molecular weight is 547 g/mol. The molecule has 3 N–H and O–H groups in total. The van der Waals surface area contributed by atoms with Gasteiger partial charge in [-0.25, -0.2) is 9.37 Å². The SMILES string of the molecule is [B]C([B])NCc1cnc2ccc(-c3ccc(F)c(F)c3OCCC(C(=N)C(OCNC)C(C)(C)C)=C(C)C)cn12. The van der Waals surface area contributed by atoms with Crippen LogP contribution in [0.25, 0.3) is 16.8 Å². The number of hydrogen-bond acceptors (Lipinski definition) is 6. The second-order valence-electron chi connectivity index (χ2n) is 10.9. The van der Waals surface area contributed by atoms with Crippen LogP contribution in [0.4, 0.5) is 8.78 Å². The van der Waals surface area contributed by atoms with E-state index in [1.165, 1.54) is 6.07 Å². The average Bonchev–Trinajstić information content (AvgIpc) is 3.29. The summed E-state index contributed by atoms with van der Waals surface area (Å²) in [5.41, 5.74) is 4.18. The Labute approximate surface area is 238 Å². The van der Waals surface area contributed by atoms with Crippen LogP contribution in [-0.2, 0) is 11.3 Å². The topological polar surface area (TPSA) is 83.7 Å². The molecule has 0 fully saturated rings. The Morgan fingerprint density at radius 1 is 1.15 bits per heavy atom. The van der Waals surface area contributed by atoms with Crippen LogP contribution < -0.4 is 15.4 Å². The molecule has 0 aliphatic heterocycles. The quantitative estimate of drug-likeness (QED) is 0.164. The number of rotatable bonds is 13. The van der Waals surface area contributed by atoms with Gasteiger partial charge in [-0.15, -0.1) is 0 Å². The van der Waals surface area contributed by atoms with Crippen molar-refractivity contribution in [3.63, 3.8) is 0 Å². The van der Waals surface area contributed by atoms with Crippen LogP contribution in [0.3, 0.4) is 0 Å². The minimum atomic E-state index is -1.07. The highest BCUT2D eigenvalue weighted by Gasteiger charge is 2.31. The third-order valence-corrected chi connectivity index (χ3v) is 6.43. The second kappa shape index (κ2) is 13.6. The molecule has 3 aromatic rings. The van der Waals surface area contributed by atoms with Crippen molar-refractivity contribution in [2.24, 2.45) is 5.41 Å². The second-order valence-corrected chi connectivity index (χ2v) is 10.9. The van der Waals surface area contributed by atoms with Crippen molar-refractivity contribution in [2.75, 3.05) is 20.4 Å². The summed E-state index contributed by atoms with van der Waals surface area (Å²) in [6.07, 6.45) is 3.33. The Morgan fingerprint density at radius 2 is 1.88 bits per heavy atom. The fourth-order valence-corrected chi connectivity index (χ4v) is 4.44. The summed E-state index contributed by atoms with van der Waals surface area (Å²) in [6, 6.07) is 6.13. The maximum Gasteiger partial charge on any atom is 0.201 e. The molecule has 3 rings (SSSR count). The molecule has 4 radical (unpaired) electrons. The summed E-state index contributed by atoms with van der Waals surface area (Å²) in [7, 11) is 13.0. The molecule has 40 heavy (non-hydrogen) atoms. The highest BCUT2D eigenvalue weighted by molar-refractivity contribution is 6.35. The minimum absolute atomic E-state index is 0.0377. The third-order valence-electron chi connectivity index (χ3n) is 6.43. The number of aromatic nitrogens is 2. The first-order chi connectivity index (χ1) is 18.8. The Morgan fingerprint density at radius 3 is 2.50 bits per heavy atom. The zero-order chi connectivity index (χ0) is 29.6.